The van der Waals surface area contributed by atoms with E-state index in [-0.39, 0.29) is 0 Å². The van der Waals surface area contributed by atoms with Crippen LogP contribution in [0, 0.1) is 15.3 Å². The Kier molecular flexibility index (Phi) is 15.6. The third-order valence-corrected chi connectivity index (χ3v) is 3.09. The SMILES string of the molecule is CCCCCCCCCCCC[N+](C)(C)N.O=[N+]([O-])[O-]. The molecule has 0 bridgehead atoms. The summed E-state index contributed by atoms with van der Waals surface area (Å²) in [7, 11) is 4.13. The molecule has 0 aromatic carbocycles. The van der Waals surface area contributed by atoms with Crippen LogP contribution < -0.4 is 5.84 Å². The molecule has 0 atom stereocenters. The molecule has 6 nitrogen and oxygen atoms in total. The van der Waals surface area contributed by atoms with Crippen LogP contribution in [0.15, 0.2) is 0 Å². The van der Waals surface area contributed by atoms with Crippen molar-refractivity contribution < 1.29 is 9.68 Å². The van der Waals surface area contributed by atoms with Crippen LogP contribution in [-0.4, -0.2) is 30.3 Å². The maximum Gasteiger partial charge on any atom is 0.0955 e. The van der Waals surface area contributed by atoms with Crippen molar-refractivity contribution in [3.8, 4) is 0 Å². The standard InChI is InChI=1S/C14H33N2.NO3/c1-4-5-6-7-8-9-10-11-12-13-14-16(2,3)15;2-1(3)4/h4-15H2,1-3H3;/q+1;-1. The van der Waals surface area contributed by atoms with Gasteiger partial charge in [-0.2, -0.15) is 5.84 Å². The highest BCUT2D eigenvalue weighted by Gasteiger charge is 2.06. The molecule has 0 unspecified atom stereocenters. The molecule has 0 aliphatic heterocycles. The molecule has 0 heterocycles. The zero-order valence-electron chi connectivity index (χ0n) is 13.5. The van der Waals surface area contributed by atoms with E-state index in [1.807, 2.05) is 0 Å². The van der Waals surface area contributed by atoms with E-state index in [0.717, 1.165) is 6.54 Å². The lowest BCUT2D eigenvalue weighted by molar-refractivity contribution is -0.902. The summed E-state index contributed by atoms with van der Waals surface area (Å²) < 4.78 is 0.622. The lowest BCUT2D eigenvalue weighted by atomic mass is 10.1. The minimum absolute atomic E-state index is 0.622. The van der Waals surface area contributed by atoms with Gasteiger partial charge in [0.1, 0.15) is 0 Å². The average molecular weight is 291 g/mol. The normalized spacial score (nSPS) is 10.8. The number of rotatable bonds is 11. The quantitative estimate of drug-likeness (QED) is 0.207. The molecular weight excluding hydrogens is 258 g/mol. The summed E-state index contributed by atoms with van der Waals surface area (Å²) in [6.45, 7) is 3.38. The van der Waals surface area contributed by atoms with Gasteiger partial charge in [0, 0.05) is 0 Å². The molecule has 0 rings (SSSR count). The van der Waals surface area contributed by atoms with Crippen molar-refractivity contribution in [1.29, 1.82) is 0 Å². The Labute approximate surface area is 123 Å². The Balaban J connectivity index is 0. The Morgan fingerprint density at radius 3 is 1.45 bits per heavy atom. The molecule has 20 heavy (non-hydrogen) atoms. The molecule has 0 aliphatic carbocycles. The first-order valence-corrected chi connectivity index (χ1v) is 7.72. The van der Waals surface area contributed by atoms with Crippen LogP contribution in [0.2, 0.25) is 0 Å². The molecule has 0 saturated carbocycles. The molecule has 0 saturated heterocycles. The zero-order valence-corrected chi connectivity index (χ0v) is 13.5. The first kappa shape index (κ1) is 21.4. The fraction of sp³-hybridized carbons (Fsp3) is 1.00. The van der Waals surface area contributed by atoms with Gasteiger partial charge in [0.15, 0.2) is 0 Å². The van der Waals surface area contributed by atoms with Gasteiger partial charge in [-0.3, -0.25) is 4.59 Å². The number of hydrogen-bond acceptors (Lipinski definition) is 4. The van der Waals surface area contributed by atoms with Crippen LogP contribution >= 0.6 is 0 Å². The van der Waals surface area contributed by atoms with Crippen molar-refractivity contribution in [3.63, 3.8) is 0 Å². The van der Waals surface area contributed by atoms with E-state index in [4.69, 9.17) is 21.2 Å². The summed E-state index contributed by atoms with van der Waals surface area (Å²) in [4.78, 5) is 8.25. The van der Waals surface area contributed by atoms with Gasteiger partial charge >= 0.3 is 0 Å². The topological polar surface area (TPSA) is 92.2 Å². The second-order valence-corrected chi connectivity index (χ2v) is 5.91. The van der Waals surface area contributed by atoms with E-state index >= 15 is 0 Å². The zero-order chi connectivity index (χ0) is 15.9. The number of nitrogens with two attached hydrogens (primary N) is 1. The summed E-state index contributed by atoms with van der Waals surface area (Å²) in [6.07, 6.45) is 14.0. The maximum absolute atomic E-state index is 8.25. The van der Waals surface area contributed by atoms with Gasteiger partial charge in [-0.25, -0.2) is 0 Å². The number of quaternary nitrogens is 1. The Bertz CT molecular complexity index is 214. The van der Waals surface area contributed by atoms with Gasteiger partial charge < -0.3 is 15.3 Å². The van der Waals surface area contributed by atoms with Crippen molar-refractivity contribution in [2.24, 2.45) is 5.84 Å². The molecule has 0 aliphatic rings. The van der Waals surface area contributed by atoms with Gasteiger partial charge in [0.2, 0.25) is 0 Å². The second kappa shape index (κ2) is 14.5. The highest BCUT2D eigenvalue weighted by Crippen LogP contribution is 2.10. The lowest BCUT2D eigenvalue weighted by Gasteiger charge is -2.21. The first-order valence-electron chi connectivity index (χ1n) is 7.72. The van der Waals surface area contributed by atoms with E-state index in [2.05, 4.69) is 21.0 Å². The predicted molar refractivity (Wildman–Crippen MR) is 83.4 cm³/mol. The first-order chi connectivity index (χ1) is 9.29. The van der Waals surface area contributed by atoms with E-state index < -0.39 is 5.09 Å². The minimum atomic E-state index is -1.75. The smallest absolute Gasteiger partial charge is 0.0955 e. The molecule has 0 fully saturated rings. The molecule has 6 heteroatoms. The van der Waals surface area contributed by atoms with Crippen molar-refractivity contribution >= 4 is 0 Å². The van der Waals surface area contributed by atoms with Crippen molar-refractivity contribution in [3.05, 3.63) is 15.3 Å². The summed E-state index contributed by atoms with van der Waals surface area (Å²) in [5.41, 5.74) is 0. The highest BCUT2D eigenvalue weighted by molar-refractivity contribution is 4.47. The van der Waals surface area contributed by atoms with Crippen LogP contribution in [0.4, 0.5) is 0 Å². The third kappa shape index (κ3) is 30.3. The van der Waals surface area contributed by atoms with Crippen LogP contribution in [0.3, 0.4) is 0 Å². The van der Waals surface area contributed by atoms with E-state index in [9.17, 15) is 0 Å². The average Bonchev–Trinajstić information content (AvgIpc) is 2.29. The van der Waals surface area contributed by atoms with Gasteiger partial charge in [-0.1, -0.05) is 58.3 Å². The van der Waals surface area contributed by atoms with Gasteiger partial charge in [-0.15, -0.1) is 0 Å². The summed E-state index contributed by atoms with van der Waals surface area (Å²) >= 11 is 0. The summed E-state index contributed by atoms with van der Waals surface area (Å²) in [5.74, 6) is 5.88. The van der Waals surface area contributed by atoms with Crippen LogP contribution in [0.25, 0.3) is 0 Å². The van der Waals surface area contributed by atoms with Crippen molar-refractivity contribution in [1.82, 2.24) is 0 Å². The lowest BCUT2D eigenvalue weighted by Crippen LogP contribution is -2.47. The minimum Gasteiger partial charge on any atom is -0.356 e. The van der Waals surface area contributed by atoms with E-state index in [0.29, 0.717) is 4.59 Å². The molecule has 0 aromatic rings. The third-order valence-electron chi connectivity index (χ3n) is 3.09. The molecule has 0 radical (unpaired) electrons. The van der Waals surface area contributed by atoms with Crippen LogP contribution in [-0.2, 0) is 0 Å². The van der Waals surface area contributed by atoms with E-state index in [1.54, 1.807) is 0 Å². The number of hydrogen-bond donors (Lipinski definition) is 1. The fourth-order valence-corrected chi connectivity index (χ4v) is 2.01. The second-order valence-electron chi connectivity index (χ2n) is 5.91. The molecule has 0 spiro atoms. The van der Waals surface area contributed by atoms with Gasteiger partial charge in [0.05, 0.1) is 25.7 Å². The molecule has 122 valence electrons. The Morgan fingerprint density at radius 2 is 1.15 bits per heavy atom. The predicted octanol–water partition coefficient (Wildman–Crippen LogP) is 3.62. The summed E-state index contributed by atoms with van der Waals surface area (Å²) in [5, 5.41) is 14.8. The molecule has 0 aromatic heterocycles. The molecule has 0 amide bonds. The van der Waals surface area contributed by atoms with Crippen LogP contribution in [0.1, 0.15) is 71.1 Å². The Hall–Kier alpha value is -0.880. The highest BCUT2D eigenvalue weighted by atomic mass is 16.9. The van der Waals surface area contributed by atoms with Crippen molar-refractivity contribution in [2.75, 3.05) is 20.6 Å². The summed E-state index contributed by atoms with van der Waals surface area (Å²) in [6, 6.07) is 0. The largest absolute Gasteiger partial charge is 0.356 e. The number of nitrogens with zero attached hydrogens (tertiary/aromatic N) is 2. The van der Waals surface area contributed by atoms with E-state index in [1.165, 1.54) is 64.2 Å². The van der Waals surface area contributed by atoms with Crippen molar-refractivity contribution in [2.45, 2.75) is 71.1 Å². The number of unbranched alkanes of at least 4 members (excludes halogenated alkanes) is 9. The molecule has 2 N–H and O–H groups in total. The fourth-order valence-electron chi connectivity index (χ4n) is 2.01. The Morgan fingerprint density at radius 1 is 0.850 bits per heavy atom. The monoisotopic (exact) mass is 291 g/mol. The van der Waals surface area contributed by atoms with Crippen LogP contribution in [0.5, 0.6) is 0 Å². The van der Waals surface area contributed by atoms with Gasteiger partial charge in [-0.05, 0) is 12.8 Å². The van der Waals surface area contributed by atoms with Gasteiger partial charge in [0.25, 0.3) is 0 Å². The molecular formula is C14H33N3O3. The maximum atomic E-state index is 8.25.